The summed E-state index contributed by atoms with van der Waals surface area (Å²) in [5.74, 6) is 0. The van der Waals surface area contributed by atoms with Crippen molar-refractivity contribution in [1.29, 1.82) is 0 Å². The second kappa shape index (κ2) is 22200. The van der Waals surface area contributed by atoms with Crippen LogP contribution in [-0.2, 0) is 9.09 Å². The number of phosphoric acid groups is 1. The summed E-state index contributed by atoms with van der Waals surface area (Å²) in [5, 5.41) is 0. The van der Waals surface area contributed by atoms with Crippen molar-refractivity contribution in [2.45, 2.75) is 809 Å². The summed E-state index contributed by atoms with van der Waals surface area (Å²) in [6.45, 7) is 1.56. The molecule has 0 aromatic heterocycles. The van der Waals surface area contributed by atoms with E-state index in [1.54, 1.807) is 0 Å². The molecule has 0 saturated heterocycles. The van der Waals surface area contributed by atoms with E-state index in [-0.39, 0.29) is 809 Å². The maximum atomic E-state index is 9.70. The van der Waals surface area contributed by atoms with Gasteiger partial charge in [-0.1, -0.05) is 802 Å². The molecule has 0 aliphatic heterocycles. The molecule has 0 spiro atoms. The largest absolute Gasteiger partial charge is 0.469 e. The minimum absolute atomic E-state index is 0. The molecule has 0 heterocycles. The third-order valence-corrected chi connectivity index (χ3v) is 0.892. The molecule has 0 fully saturated rings. The molecule has 0 unspecified atom stereocenters. The Hall–Kier alpha value is 0.110. The smallest absolute Gasteiger partial charge is 0.303 e. The number of rotatable bonds is 2. The topological polar surface area (TPSA) is 66.8 Å². The van der Waals surface area contributed by atoms with Crippen LogP contribution in [0.5, 0.6) is 0 Å². The van der Waals surface area contributed by atoms with E-state index in [4.69, 9.17) is 9.79 Å². The highest BCUT2D eigenvalue weighted by Crippen LogP contribution is 2.34. The van der Waals surface area contributed by atoms with Gasteiger partial charge in [-0.05, 0) is 6.92 Å². The number of hydrogen-bond acceptors (Lipinski definition) is 2. The lowest BCUT2D eigenvalue weighted by Crippen LogP contribution is -1.84. The van der Waals surface area contributed by atoms with Crippen LogP contribution in [0.2, 0.25) is 0 Å². The Morgan fingerprint density at radius 2 is 0.139 bits per heavy atom. The average Bonchev–Trinajstić information content (AvgIpc) is 1.30. The Morgan fingerprint density at radius 1 is 0.113 bits per heavy atom. The molecule has 0 aromatic rings. The van der Waals surface area contributed by atoms with Crippen LogP contribution in [0.4, 0.5) is 0 Å². The van der Waals surface area contributed by atoms with Gasteiger partial charge >= 0.3 is 7.82 Å². The molecule has 908 valence electrons. The summed E-state index contributed by atoms with van der Waals surface area (Å²) < 4.78 is 13.6. The molecular formula is C110H439O4P. The standard InChI is InChI=1S/C2H7O4P.108CH4/c1-2-6-7(3,4)5;;;;;;;;;;;;;;;;;;;;;;;;;;;;;;;;;;;;;;;;;;;;;;;;;;;;;;;;;;;;;;;;;;;;;;;;;;;;;;;;;;;;;;;;;;;;;;;;;;;;;;;;;;;;/h2H2,1H3,(H2,3,4,5);108*1H4. The van der Waals surface area contributed by atoms with Gasteiger partial charge < -0.3 is 9.79 Å². The van der Waals surface area contributed by atoms with Crippen LogP contribution in [0.1, 0.15) is 809 Å². The summed E-state index contributed by atoms with van der Waals surface area (Å²) in [4.78, 5) is 15.8. The summed E-state index contributed by atoms with van der Waals surface area (Å²) in [7, 11) is -4.17. The second-order valence-corrected chi connectivity index (χ2v) is 2.15. The zero-order valence-corrected chi connectivity index (χ0v) is 4.76. The third-order valence-electron chi connectivity index (χ3n) is 0.297. The van der Waals surface area contributed by atoms with Gasteiger partial charge in [0.2, 0.25) is 0 Å². The predicted octanol–water partition coefficient (Wildman–Crippen LogP) is 68.8. The number of phosphoric ester groups is 1. The van der Waals surface area contributed by atoms with Crippen molar-refractivity contribution in [2.24, 2.45) is 0 Å². The quantitative estimate of drug-likeness (QED) is 0.270. The Bertz CT molecular complexity index is 107. The molecule has 0 amide bonds. The Labute approximate surface area is 837 Å². The van der Waals surface area contributed by atoms with E-state index in [9.17, 15) is 4.57 Å². The molecule has 0 saturated carbocycles. The van der Waals surface area contributed by atoms with Crippen molar-refractivity contribution in [1.82, 2.24) is 0 Å². The third kappa shape index (κ3) is 84900. The number of hydrogen-bond donors (Lipinski definition) is 2. The van der Waals surface area contributed by atoms with Crippen molar-refractivity contribution < 1.29 is 18.9 Å². The van der Waals surface area contributed by atoms with Gasteiger partial charge in [-0.15, -0.1) is 0 Å². The highest BCUT2D eigenvalue weighted by atomic mass is 31.2. The van der Waals surface area contributed by atoms with Crippen molar-refractivity contribution in [3.8, 4) is 0 Å². The highest BCUT2D eigenvalue weighted by molar-refractivity contribution is 7.46. The summed E-state index contributed by atoms with van der Waals surface area (Å²) in [6.07, 6.45) is 0. The summed E-state index contributed by atoms with van der Waals surface area (Å²) in [6, 6.07) is 0. The van der Waals surface area contributed by atoms with Crippen molar-refractivity contribution >= 4 is 7.82 Å². The first-order valence-electron chi connectivity index (χ1n) is 1.76. The zero-order chi connectivity index (χ0) is 5.91. The van der Waals surface area contributed by atoms with Gasteiger partial charge in [-0.3, -0.25) is 4.52 Å². The molecule has 0 atom stereocenters. The SMILES string of the molecule is C.C.C.C.C.C.C.C.C.C.C.C.C.C.C.C.C.C.C.C.C.C.C.C.C.C.C.C.C.C.C.C.C.C.C.C.C.C.C.C.C.C.C.C.C.C.C.C.C.C.C.C.C.C.C.C.C.C.C.C.C.C.C.C.C.C.C.C.C.C.C.C.C.C.C.C.C.C.C.C.C.C.C.C.C.C.C.C.C.C.C.C.C.C.C.C.C.C.C.C.C.C.C.C.C.C.C.C.CCOP(=O)(O)O. The summed E-state index contributed by atoms with van der Waals surface area (Å²) >= 11 is 0. The van der Waals surface area contributed by atoms with Gasteiger partial charge in [-0.2, -0.15) is 0 Å². The normalized spacial score (nSPS) is 0.722. The molecule has 0 aromatic carbocycles. The Morgan fingerprint density at radius 3 is 0.139 bits per heavy atom. The average molecular weight is 1860 g/mol. The van der Waals surface area contributed by atoms with Gasteiger partial charge in [0.25, 0.3) is 0 Å². The minimum Gasteiger partial charge on any atom is -0.303 e. The van der Waals surface area contributed by atoms with Crippen LogP contribution in [0.3, 0.4) is 0 Å². The molecule has 0 radical (unpaired) electrons. The fourth-order valence-corrected chi connectivity index (χ4v) is 0.505. The molecule has 0 aliphatic rings. The van der Waals surface area contributed by atoms with E-state index >= 15 is 0 Å². The Balaban J connectivity index is -0.0000000000312. The molecule has 0 aliphatic carbocycles. The van der Waals surface area contributed by atoms with E-state index in [0.29, 0.717) is 0 Å². The fraction of sp³-hybridized carbons (Fsp3) is 1.00. The maximum Gasteiger partial charge on any atom is 0.469 e. The van der Waals surface area contributed by atoms with Gasteiger partial charge in [0, 0.05) is 0 Å². The predicted molar refractivity (Wildman–Crippen MR) is 751 cm³/mol. The molecule has 5 heteroatoms. The van der Waals surface area contributed by atoms with Gasteiger partial charge in [-0.25, -0.2) is 4.57 Å². The van der Waals surface area contributed by atoms with Gasteiger partial charge in [0.1, 0.15) is 0 Å². The van der Waals surface area contributed by atoms with Crippen molar-refractivity contribution in [3.63, 3.8) is 0 Å². The zero-order valence-electron chi connectivity index (χ0n) is 3.87. The summed E-state index contributed by atoms with van der Waals surface area (Å²) in [5.41, 5.74) is 0. The first kappa shape index (κ1) is 40100. The van der Waals surface area contributed by atoms with E-state index in [1.165, 1.54) is 6.92 Å². The Kier molecular flexibility index (Phi) is 7750000. The van der Waals surface area contributed by atoms with Gasteiger partial charge in [0.15, 0.2) is 0 Å². The van der Waals surface area contributed by atoms with Crippen LogP contribution in [0.25, 0.3) is 0 Å². The lowest BCUT2D eigenvalue weighted by molar-refractivity contribution is 0.206. The van der Waals surface area contributed by atoms with Gasteiger partial charge in [0.05, 0.1) is 6.61 Å². The molecule has 2 N–H and O–H groups in total. The van der Waals surface area contributed by atoms with E-state index in [0.717, 1.165) is 0 Å². The van der Waals surface area contributed by atoms with Crippen LogP contribution >= 0.6 is 7.82 Å². The van der Waals surface area contributed by atoms with Crippen molar-refractivity contribution in [3.05, 3.63) is 0 Å². The lowest BCUT2D eigenvalue weighted by Gasteiger charge is -1.98. The van der Waals surface area contributed by atoms with Crippen molar-refractivity contribution in [2.75, 3.05) is 6.61 Å². The second-order valence-electron chi connectivity index (χ2n) is 0.908. The van der Waals surface area contributed by atoms with Crippen LogP contribution < -0.4 is 0 Å². The molecule has 0 bridgehead atoms. The van der Waals surface area contributed by atoms with E-state index in [1.807, 2.05) is 0 Å². The molecule has 4 nitrogen and oxygen atoms in total. The first-order chi connectivity index (χ1) is 3.06. The van der Waals surface area contributed by atoms with E-state index in [2.05, 4.69) is 4.52 Å². The van der Waals surface area contributed by atoms with Crippen LogP contribution in [0, 0.1) is 0 Å². The lowest BCUT2D eigenvalue weighted by atomic mass is 10.9. The minimum atomic E-state index is -4.17. The van der Waals surface area contributed by atoms with E-state index < -0.39 is 7.82 Å². The molecular weight excluding hydrogens is 1420 g/mol. The fourth-order valence-electron chi connectivity index (χ4n) is 0.168. The molecule has 0 rings (SSSR count). The maximum absolute atomic E-state index is 9.70. The molecule has 115 heavy (non-hydrogen) atoms. The van der Waals surface area contributed by atoms with Crippen LogP contribution in [-0.4, -0.2) is 16.4 Å². The van der Waals surface area contributed by atoms with Crippen LogP contribution in [0.15, 0.2) is 0 Å². The highest BCUT2D eigenvalue weighted by Gasteiger charge is 2.10. The monoisotopic (exact) mass is 1860 g/mol. The first-order valence-corrected chi connectivity index (χ1v) is 3.29.